The van der Waals surface area contributed by atoms with Gasteiger partial charge in [-0.3, -0.25) is 4.79 Å². The Morgan fingerprint density at radius 3 is 2.62 bits per heavy atom. The summed E-state index contributed by atoms with van der Waals surface area (Å²) in [5.41, 5.74) is 0.953. The number of amides is 1. The first-order valence-corrected chi connectivity index (χ1v) is 11.0. The molecule has 0 bridgehead atoms. The highest BCUT2D eigenvalue weighted by atomic mass is 35.5. The molecule has 0 aliphatic carbocycles. The van der Waals surface area contributed by atoms with Crippen molar-refractivity contribution >= 4 is 45.3 Å². The van der Waals surface area contributed by atoms with Crippen molar-refractivity contribution in [3.05, 3.63) is 92.4 Å². The molecule has 4 aromatic rings. The fourth-order valence-corrected chi connectivity index (χ4v) is 4.82. The van der Waals surface area contributed by atoms with Crippen molar-refractivity contribution in [3.63, 3.8) is 0 Å². The summed E-state index contributed by atoms with van der Waals surface area (Å²) in [7, 11) is 0. The van der Waals surface area contributed by atoms with Crippen molar-refractivity contribution in [2.45, 2.75) is 25.9 Å². The van der Waals surface area contributed by atoms with E-state index in [1.807, 2.05) is 25.1 Å². The van der Waals surface area contributed by atoms with Gasteiger partial charge in [-0.05, 0) is 41.5 Å². The molecule has 0 aliphatic rings. The van der Waals surface area contributed by atoms with Gasteiger partial charge >= 0.3 is 6.18 Å². The number of aryl methyl sites for hydroxylation is 1. The molecule has 0 atom stereocenters. The molecule has 0 unspecified atom stereocenters. The minimum Gasteiger partial charge on any atom is -0.326 e. The molecule has 0 aliphatic heterocycles. The van der Waals surface area contributed by atoms with E-state index >= 15 is 0 Å². The van der Waals surface area contributed by atoms with Gasteiger partial charge in [0.15, 0.2) is 0 Å². The van der Waals surface area contributed by atoms with E-state index in [4.69, 9.17) is 11.6 Å². The van der Waals surface area contributed by atoms with Gasteiger partial charge in [0.1, 0.15) is 0 Å². The molecule has 1 aromatic heterocycles. The van der Waals surface area contributed by atoms with E-state index in [0.29, 0.717) is 6.42 Å². The van der Waals surface area contributed by atoms with Crippen LogP contribution in [-0.4, -0.2) is 10.9 Å². The summed E-state index contributed by atoms with van der Waals surface area (Å²) < 4.78 is 39.1. The second-order valence-electron chi connectivity index (χ2n) is 7.35. The molecule has 164 valence electrons. The van der Waals surface area contributed by atoms with Gasteiger partial charge in [0.25, 0.3) is 0 Å². The smallest absolute Gasteiger partial charge is 0.326 e. The molecule has 1 amide bonds. The number of carbonyl (C=O) groups is 1. The summed E-state index contributed by atoms with van der Waals surface area (Å²) in [5, 5.41) is 5.30. The maximum absolute atomic E-state index is 13.0. The van der Waals surface area contributed by atoms with Crippen molar-refractivity contribution in [1.29, 1.82) is 0 Å². The minimum atomic E-state index is -4.59. The Morgan fingerprint density at radius 1 is 1.09 bits per heavy atom. The lowest BCUT2D eigenvalue weighted by Gasteiger charge is -2.11. The molecule has 3 aromatic carbocycles. The lowest BCUT2D eigenvalue weighted by Crippen LogP contribution is -2.15. The van der Waals surface area contributed by atoms with Gasteiger partial charge < -0.3 is 5.32 Å². The Kier molecular flexibility index (Phi) is 6.22. The Morgan fingerprint density at radius 2 is 1.84 bits per heavy atom. The average molecular weight is 475 g/mol. The highest BCUT2D eigenvalue weighted by Crippen LogP contribution is 2.36. The summed E-state index contributed by atoms with van der Waals surface area (Å²) in [5.74, 6) is -0.413. The number of benzene rings is 3. The van der Waals surface area contributed by atoms with Gasteiger partial charge in [-0.25, -0.2) is 4.98 Å². The number of nitrogens with zero attached hydrogens (tertiary/aromatic N) is 1. The van der Waals surface area contributed by atoms with Crippen LogP contribution < -0.4 is 5.32 Å². The van der Waals surface area contributed by atoms with Gasteiger partial charge in [-0.1, -0.05) is 54.1 Å². The van der Waals surface area contributed by atoms with Gasteiger partial charge in [-0.2, -0.15) is 13.2 Å². The monoisotopic (exact) mass is 474 g/mol. The van der Waals surface area contributed by atoms with Crippen LogP contribution in [0.1, 0.15) is 26.7 Å². The van der Waals surface area contributed by atoms with Crippen LogP contribution in [0.25, 0.3) is 10.8 Å². The quantitative estimate of drug-likeness (QED) is 0.337. The number of hydrogen-bond donors (Lipinski definition) is 1. The molecule has 4 rings (SSSR count). The van der Waals surface area contributed by atoms with Crippen molar-refractivity contribution in [2.24, 2.45) is 0 Å². The third-order valence-electron chi connectivity index (χ3n) is 5.04. The first-order valence-electron chi connectivity index (χ1n) is 9.79. The van der Waals surface area contributed by atoms with E-state index in [1.54, 1.807) is 0 Å². The zero-order chi connectivity index (χ0) is 22.9. The topological polar surface area (TPSA) is 42.0 Å². The number of thiazole rings is 1. The third kappa shape index (κ3) is 4.95. The number of carbonyl (C=O) groups excluding carboxylic acids is 1. The Bertz CT molecular complexity index is 1290. The van der Waals surface area contributed by atoms with Crippen LogP contribution >= 0.6 is 22.9 Å². The number of rotatable bonds is 5. The third-order valence-corrected chi connectivity index (χ3v) is 6.52. The van der Waals surface area contributed by atoms with Gasteiger partial charge in [-0.15, -0.1) is 11.3 Å². The van der Waals surface area contributed by atoms with Crippen molar-refractivity contribution < 1.29 is 18.0 Å². The van der Waals surface area contributed by atoms with Crippen molar-refractivity contribution in [3.8, 4) is 0 Å². The molecule has 3 nitrogen and oxygen atoms in total. The summed E-state index contributed by atoms with van der Waals surface area (Å²) in [6.45, 7) is 1.83. The number of alkyl halides is 3. The van der Waals surface area contributed by atoms with Gasteiger partial charge in [0.2, 0.25) is 5.91 Å². The molecule has 0 fully saturated rings. The maximum atomic E-state index is 13.0. The van der Waals surface area contributed by atoms with E-state index < -0.39 is 22.7 Å². The number of halogens is 4. The molecule has 0 spiro atoms. The first kappa shape index (κ1) is 22.3. The SMILES string of the molecule is Cc1nc(Cc2cccc3ccccc23)sc1CC(=O)Nc1ccc(Cl)c(C(F)(F)F)c1. The number of aromatic nitrogens is 1. The van der Waals surface area contributed by atoms with E-state index in [2.05, 4.69) is 34.6 Å². The van der Waals surface area contributed by atoms with Crippen LogP contribution in [0.2, 0.25) is 5.02 Å². The van der Waals surface area contributed by atoms with E-state index in [-0.39, 0.29) is 12.1 Å². The number of fused-ring (bicyclic) bond motifs is 1. The number of hydrogen-bond acceptors (Lipinski definition) is 3. The number of anilines is 1. The summed E-state index contributed by atoms with van der Waals surface area (Å²) >= 11 is 7.07. The van der Waals surface area contributed by atoms with Gasteiger partial charge in [0.05, 0.1) is 27.7 Å². The molecule has 1 heterocycles. The fourth-order valence-electron chi connectivity index (χ4n) is 3.51. The van der Waals surface area contributed by atoms with Gasteiger partial charge in [0, 0.05) is 17.0 Å². The van der Waals surface area contributed by atoms with Crippen molar-refractivity contribution in [2.75, 3.05) is 5.32 Å². The zero-order valence-corrected chi connectivity index (χ0v) is 18.5. The largest absolute Gasteiger partial charge is 0.417 e. The van der Waals surface area contributed by atoms with Crippen LogP contribution in [0.3, 0.4) is 0 Å². The molecular weight excluding hydrogens is 457 g/mol. The maximum Gasteiger partial charge on any atom is 0.417 e. The molecular formula is C24H18ClF3N2OS. The predicted octanol–water partition coefficient (Wildman–Crippen LogP) is 7.05. The van der Waals surface area contributed by atoms with E-state index in [1.165, 1.54) is 17.4 Å². The molecule has 0 radical (unpaired) electrons. The Hall–Kier alpha value is -2.90. The summed E-state index contributed by atoms with van der Waals surface area (Å²) in [6, 6.07) is 17.6. The highest BCUT2D eigenvalue weighted by Gasteiger charge is 2.33. The second-order valence-corrected chi connectivity index (χ2v) is 8.92. The number of nitrogens with one attached hydrogen (secondary N) is 1. The standard InChI is InChI=1S/C24H18ClF3N2OS/c1-14-21(13-22(31)30-17-9-10-20(25)19(12-17)24(26,27)28)32-23(29-14)11-16-7-4-6-15-5-2-3-8-18(15)16/h2-10,12H,11,13H2,1H3,(H,30,31). The lowest BCUT2D eigenvalue weighted by atomic mass is 10.0. The second kappa shape index (κ2) is 8.92. The average Bonchev–Trinajstić information content (AvgIpc) is 3.07. The van der Waals surface area contributed by atoms with Crippen LogP contribution in [0.15, 0.2) is 60.7 Å². The molecule has 0 saturated heterocycles. The van der Waals surface area contributed by atoms with E-state index in [0.717, 1.165) is 44.0 Å². The van der Waals surface area contributed by atoms with Crippen molar-refractivity contribution in [1.82, 2.24) is 4.98 Å². The normalized spacial score (nSPS) is 11.7. The molecule has 1 N–H and O–H groups in total. The Balaban J connectivity index is 1.48. The fraction of sp³-hybridized carbons (Fsp3) is 0.167. The van der Waals surface area contributed by atoms with Crippen LogP contribution in [0.4, 0.5) is 18.9 Å². The molecule has 0 saturated carbocycles. The highest BCUT2D eigenvalue weighted by molar-refractivity contribution is 7.11. The van der Waals surface area contributed by atoms with Crippen LogP contribution in [0.5, 0.6) is 0 Å². The van der Waals surface area contributed by atoms with E-state index in [9.17, 15) is 18.0 Å². The lowest BCUT2D eigenvalue weighted by molar-refractivity contribution is -0.137. The molecule has 8 heteroatoms. The summed E-state index contributed by atoms with van der Waals surface area (Å²) in [6.07, 6.45) is -3.92. The predicted molar refractivity (Wildman–Crippen MR) is 122 cm³/mol. The minimum absolute atomic E-state index is 0.0308. The molecule has 32 heavy (non-hydrogen) atoms. The summed E-state index contributed by atoms with van der Waals surface area (Å²) in [4.78, 5) is 17.9. The van der Waals surface area contributed by atoms with Crippen LogP contribution in [0, 0.1) is 6.92 Å². The van der Waals surface area contributed by atoms with Crippen LogP contribution in [-0.2, 0) is 23.8 Å². The first-order chi connectivity index (χ1) is 15.2. The zero-order valence-electron chi connectivity index (χ0n) is 17.0. The Labute approximate surface area is 191 Å².